The Morgan fingerprint density at radius 3 is 2.58 bits per heavy atom. The van der Waals surface area contributed by atoms with Gasteiger partial charge >= 0.3 is 0 Å². The zero-order valence-electron chi connectivity index (χ0n) is 11.4. The van der Waals surface area contributed by atoms with Gasteiger partial charge in [-0.3, -0.25) is 0 Å². The van der Waals surface area contributed by atoms with E-state index in [4.69, 9.17) is 11.6 Å². The molecule has 0 saturated heterocycles. The van der Waals surface area contributed by atoms with Gasteiger partial charge in [0.2, 0.25) is 0 Å². The highest BCUT2D eigenvalue weighted by molar-refractivity contribution is 7.82. The van der Waals surface area contributed by atoms with Crippen molar-refractivity contribution in [3.05, 3.63) is 29.3 Å². The fraction of sp³-hybridized carbons (Fsp3) is 0.500. The van der Waals surface area contributed by atoms with Crippen LogP contribution in [0.4, 0.5) is 10.5 Å². The molecule has 19 heavy (non-hydrogen) atoms. The summed E-state index contributed by atoms with van der Waals surface area (Å²) in [6, 6.07) is 6.73. The molecule has 0 aliphatic rings. The predicted molar refractivity (Wildman–Crippen MR) is 80.8 cm³/mol. The third kappa shape index (κ3) is 3.57. The highest BCUT2D eigenvalue weighted by Crippen LogP contribution is 2.38. The quantitative estimate of drug-likeness (QED) is 0.667. The molecule has 1 amide bonds. The molecule has 1 rings (SSSR count). The Labute approximate surface area is 125 Å². The lowest BCUT2D eigenvalue weighted by atomic mass is 9.96. The minimum Gasteiger partial charge on any atom is -0.530 e. The summed E-state index contributed by atoms with van der Waals surface area (Å²) in [5, 5.41) is 12.0. The topological polar surface area (TPSA) is 43.4 Å². The second-order valence-electron chi connectivity index (χ2n) is 4.86. The molecule has 1 aromatic carbocycles. The van der Waals surface area contributed by atoms with Crippen LogP contribution in [0.5, 0.6) is 0 Å². The van der Waals surface area contributed by atoms with Gasteiger partial charge in [0.05, 0.1) is 4.87 Å². The summed E-state index contributed by atoms with van der Waals surface area (Å²) in [6.07, 6.45) is 0.194. The van der Waals surface area contributed by atoms with Gasteiger partial charge in [0.15, 0.2) is 0 Å². The van der Waals surface area contributed by atoms with E-state index in [-0.39, 0.29) is 5.92 Å². The molecule has 1 atom stereocenters. The maximum absolute atomic E-state index is 11.6. The summed E-state index contributed by atoms with van der Waals surface area (Å²) in [5.41, 5.74) is 0.490. The van der Waals surface area contributed by atoms with Crippen LogP contribution >= 0.6 is 24.2 Å². The number of carbonyl (C=O) groups is 1. The molecule has 1 aromatic rings. The van der Waals surface area contributed by atoms with E-state index in [2.05, 4.69) is 12.6 Å². The van der Waals surface area contributed by atoms with Crippen molar-refractivity contribution in [2.75, 3.05) is 4.90 Å². The first-order valence-corrected chi connectivity index (χ1v) is 7.14. The summed E-state index contributed by atoms with van der Waals surface area (Å²) in [5.74, 6) is 0.0349. The molecule has 0 bridgehead atoms. The number of carboxylic acid groups (broad SMARTS) is 1. The Kier molecular flexibility index (Phi) is 5.56. The zero-order chi connectivity index (χ0) is 14.6. The highest BCUT2D eigenvalue weighted by Gasteiger charge is 2.36. The maximum Gasteiger partial charge on any atom is 0.142 e. The Hall–Kier alpha value is -0.870. The van der Waals surface area contributed by atoms with E-state index in [0.29, 0.717) is 17.1 Å². The predicted octanol–water partition coefficient (Wildman–Crippen LogP) is 3.57. The molecule has 0 aliphatic heterocycles. The lowest BCUT2D eigenvalue weighted by molar-refractivity contribution is -0.247. The first-order valence-electron chi connectivity index (χ1n) is 6.32. The van der Waals surface area contributed by atoms with E-state index in [0.717, 1.165) is 6.42 Å². The van der Waals surface area contributed by atoms with Crippen LogP contribution in [0.1, 0.15) is 33.6 Å². The van der Waals surface area contributed by atoms with Crippen LogP contribution < -0.4 is 10.0 Å². The van der Waals surface area contributed by atoms with Crippen molar-refractivity contribution in [1.82, 2.24) is 0 Å². The van der Waals surface area contributed by atoms with Gasteiger partial charge in [-0.15, -0.1) is 0 Å². The number of hydrogen-bond acceptors (Lipinski definition) is 3. The van der Waals surface area contributed by atoms with E-state index < -0.39 is 11.0 Å². The smallest absolute Gasteiger partial charge is 0.142 e. The van der Waals surface area contributed by atoms with Gasteiger partial charge in [0, 0.05) is 10.7 Å². The molecular formula is C14H19ClNO2S-. The van der Waals surface area contributed by atoms with Crippen LogP contribution in [-0.4, -0.2) is 11.0 Å². The average molecular weight is 301 g/mol. The molecule has 106 valence electrons. The number of anilines is 1. The Morgan fingerprint density at radius 1 is 1.53 bits per heavy atom. The van der Waals surface area contributed by atoms with Gasteiger partial charge in [-0.05, 0) is 30.5 Å². The van der Waals surface area contributed by atoms with Crippen LogP contribution in [0.25, 0.3) is 0 Å². The number of rotatable bonds is 5. The number of thiol groups is 1. The van der Waals surface area contributed by atoms with E-state index in [1.54, 1.807) is 24.3 Å². The summed E-state index contributed by atoms with van der Waals surface area (Å²) in [4.78, 5) is 12.0. The van der Waals surface area contributed by atoms with Crippen LogP contribution in [0.3, 0.4) is 0 Å². The van der Waals surface area contributed by atoms with Gasteiger partial charge in [-0.25, -0.2) is 0 Å². The Morgan fingerprint density at radius 2 is 2.16 bits per heavy atom. The number of carbonyl (C=O) groups excluding carboxylic acids is 1. The molecule has 0 radical (unpaired) electrons. The minimum atomic E-state index is -1.26. The first kappa shape index (κ1) is 16.2. The fourth-order valence-corrected chi connectivity index (χ4v) is 2.73. The molecule has 0 saturated carbocycles. The SMILES string of the molecule is CCCC(S)(C(C)C)N(C(=O)[O-])c1cccc(Cl)c1. The molecule has 0 N–H and O–H groups in total. The standard InChI is InChI=1S/C14H20ClNO2S/c1-4-8-14(19,10(2)3)16(13(17)18)12-7-5-6-11(15)9-12/h5-7,9-10,19H,4,8H2,1-3H3,(H,17,18)/p-1. The average Bonchev–Trinajstić information content (AvgIpc) is 2.28. The highest BCUT2D eigenvalue weighted by atomic mass is 35.5. The Bertz CT molecular complexity index is 453. The van der Waals surface area contributed by atoms with Gasteiger partial charge in [0.25, 0.3) is 0 Å². The van der Waals surface area contributed by atoms with Gasteiger partial charge in [0.1, 0.15) is 6.09 Å². The van der Waals surface area contributed by atoms with Crippen molar-refractivity contribution in [1.29, 1.82) is 0 Å². The summed E-state index contributed by atoms with van der Waals surface area (Å²) in [6.45, 7) is 5.89. The summed E-state index contributed by atoms with van der Waals surface area (Å²) in [7, 11) is 0. The molecule has 0 aliphatic carbocycles. The van der Waals surface area contributed by atoms with Crippen molar-refractivity contribution in [3.8, 4) is 0 Å². The molecule has 0 fully saturated rings. The monoisotopic (exact) mass is 300 g/mol. The molecule has 0 spiro atoms. The Balaban J connectivity index is 3.30. The molecule has 5 heteroatoms. The lowest BCUT2D eigenvalue weighted by Crippen LogP contribution is -2.56. The van der Waals surface area contributed by atoms with Crippen LogP contribution in [0, 0.1) is 5.92 Å². The van der Waals surface area contributed by atoms with Crippen LogP contribution in [0.2, 0.25) is 5.02 Å². The van der Waals surface area contributed by atoms with E-state index >= 15 is 0 Å². The largest absolute Gasteiger partial charge is 0.530 e. The van der Waals surface area contributed by atoms with Gasteiger partial charge in [-0.1, -0.05) is 44.9 Å². The minimum absolute atomic E-state index is 0.0349. The van der Waals surface area contributed by atoms with Crippen LogP contribution in [-0.2, 0) is 0 Å². The lowest BCUT2D eigenvalue weighted by Gasteiger charge is -2.45. The third-order valence-corrected chi connectivity index (χ3v) is 4.35. The van der Waals surface area contributed by atoms with Crippen molar-refractivity contribution < 1.29 is 9.90 Å². The van der Waals surface area contributed by atoms with Gasteiger partial charge < -0.3 is 14.8 Å². The second kappa shape index (κ2) is 6.53. The third-order valence-electron chi connectivity index (χ3n) is 3.18. The summed E-state index contributed by atoms with van der Waals surface area (Å²) < 4.78 is 0. The van der Waals surface area contributed by atoms with E-state index in [1.165, 1.54) is 4.90 Å². The first-order chi connectivity index (χ1) is 8.82. The van der Waals surface area contributed by atoms with E-state index in [9.17, 15) is 9.90 Å². The molecular weight excluding hydrogens is 282 g/mol. The molecule has 3 nitrogen and oxygen atoms in total. The van der Waals surface area contributed by atoms with Crippen molar-refractivity contribution in [2.45, 2.75) is 38.5 Å². The second-order valence-corrected chi connectivity index (χ2v) is 6.08. The van der Waals surface area contributed by atoms with E-state index in [1.807, 2.05) is 20.8 Å². The fourth-order valence-electron chi connectivity index (χ4n) is 2.13. The number of nitrogens with zero attached hydrogens (tertiary/aromatic N) is 1. The number of amides is 1. The normalized spacial score (nSPS) is 14.2. The van der Waals surface area contributed by atoms with Crippen LogP contribution in [0.15, 0.2) is 24.3 Å². The van der Waals surface area contributed by atoms with Crippen molar-refractivity contribution in [2.24, 2.45) is 5.92 Å². The zero-order valence-corrected chi connectivity index (χ0v) is 13.0. The number of hydrogen-bond donors (Lipinski definition) is 1. The van der Waals surface area contributed by atoms with Gasteiger partial charge in [-0.2, -0.15) is 12.6 Å². The number of benzene rings is 1. The number of halogens is 1. The summed E-state index contributed by atoms with van der Waals surface area (Å²) >= 11 is 10.6. The van der Waals surface area contributed by atoms with Crippen molar-refractivity contribution in [3.63, 3.8) is 0 Å². The molecule has 1 unspecified atom stereocenters. The molecule has 0 aromatic heterocycles. The maximum atomic E-state index is 11.6. The molecule has 0 heterocycles. The van der Waals surface area contributed by atoms with Crippen molar-refractivity contribution >= 4 is 36.0 Å².